The predicted molar refractivity (Wildman–Crippen MR) is 132 cm³/mol. The van der Waals surface area contributed by atoms with Crippen molar-refractivity contribution in [2.75, 3.05) is 17.2 Å². The number of nitrogens with zero attached hydrogens (tertiary/aromatic N) is 3. The van der Waals surface area contributed by atoms with E-state index in [1.54, 1.807) is 17.2 Å². The first-order valence-corrected chi connectivity index (χ1v) is 11.1. The Hall–Kier alpha value is -4.52. The first kappa shape index (κ1) is 20.1. The van der Waals surface area contributed by atoms with E-state index in [9.17, 15) is 9.59 Å². The Balaban J connectivity index is 1.44. The summed E-state index contributed by atoms with van der Waals surface area (Å²) in [4.78, 5) is 37.5. The molecule has 0 aliphatic carbocycles. The Morgan fingerprint density at radius 3 is 2.59 bits per heavy atom. The number of carbonyl (C=O) groups excluding carboxylic acids is 2. The minimum atomic E-state index is -1.09. The number of rotatable bonds is 3. The molecule has 166 valence electrons. The average molecular weight is 447 g/mol. The molecule has 0 bridgehead atoms. The molecule has 2 amide bonds. The SMILES string of the molecule is Nc1cc2c3c(c1)C(c1ccccc1)=N[C@@H](NC(=O)c1cc4ccccc4cn1)C(=O)N3CC2. The monoisotopic (exact) mass is 447 g/mol. The second kappa shape index (κ2) is 7.81. The van der Waals surface area contributed by atoms with Crippen LogP contribution in [0.1, 0.15) is 27.2 Å². The van der Waals surface area contributed by atoms with Crippen LogP contribution in [0, 0.1) is 0 Å². The van der Waals surface area contributed by atoms with Gasteiger partial charge in [0.15, 0.2) is 0 Å². The number of carbonyl (C=O) groups is 2. The number of aromatic nitrogens is 1. The highest BCUT2D eigenvalue weighted by atomic mass is 16.2. The smallest absolute Gasteiger partial charge is 0.272 e. The van der Waals surface area contributed by atoms with Gasteiger partial charge in [0.25, 0.3) is 11.8 Å². The summed E-state index contributed by atoms with van der Waals surface area (Å²) in [5.74, 6) is -0.727. The van der Waals surface area contributed by atoms with Crippen molar-refractivity contribution in [3.63, 3.8) is 0 Å². The molecule has 34 heavy (non-hydrogen) atoms. The maximum absolute atomic E-state index is 13.6. The summed E-state index contributed by atoms with van der Waals surface area (Å²) in [5, 5.41) is 4.65. The molecule has 3 heterocycles. The highest BCUT2D eigenvalue weighted by Gasteiger charge is 2.37. The van der Waals surface area contributed by atoms with Gasteiger partial charge in [0.1, 0.15) is 5.69 Å². The van der Waals surface area contributed by atoms with E-state index in [2.05, 4.69) is 10.3 Å². The molecular weight excluding hydrogens is 426 g/mol. The number of hydrogen-bond acceptors (Lipinski definition) is 5. The van der Waals surface area contributed by atoms with Gasteiger partial charge in [0, 0.05) is 34.9 Å². The van der Waals surface area contributed by atoms with E-state index in [4.69, 9.17) is 10.7 Å². The summed E-state index contributed by atoms with van der Waals surface area (Å²) in [5.41, 5.74) is 11.2. The fourth-order valence-electron chi connectivity index (χ4n) is 4.70. The van der Waals surface area contributed by atoms with E-state index in [1.807, 2.05) is 66.7 Å². The first-order chi connectivity index (χ1) is 16.6. The Bertz CT molecular complexity index is 1500. The summed E-state index contributed by atoms with van der Waals surface area (Å²) in [6, 6.07) is 22.8. The van der Waals surface area contributed by atoms with E-state index in [0.717, 1.165) is 33.2 Å². The summed E-state index contributed by atoms with van der Waals surface area (Å²) in [6.07, 6.45) is 1.27. The van der Waals surface area contributed by atoms with E-state index < -0.39 is 12.1 Å². The standard InChI is InChI=1S/C27H21N5O2/c28-20-12-18-10-11-32-24(18)21(14-20)23(16-6-2-1-3-7-16)30-25(27(32)34)31-26(33)22-13-17-8-4-5-9-19(17)15-29-22/h1-9,12-15,25H,10-11,28H2,(H,31,33)/t25-/m0/s1. The van der Waals surface area contributed by atoms with Crippen LogP contribution in [0.2, 0.25) is 0 Å². The number of benzene rings is 3. The number of fused-ring (bicyclic) bond motifs is 1. The number of anilines is 2. The fraction of sp³-hybridized carbons (Fsp3) is 0.111. The number of pyridine rings is 1. The molecule has 1 aromatic heterocycles. The van der Waals surface area contributed by atoms with Crippen molar-refractivity contribution in [1.29, 1.82) is 0 Å². The zero-order valence-corrected chi connectivity index (χ0v) is 18.2. The van der Waals surface area contributed by atoms with E-state index in [-0.39, 0.29) is 11.6 Å². The average Bonchev–Trinajstić information content (AvgIpc) is 3.25. The minimum absolute atomic E-state index is 0.232. The van der Waals surface area contributed by atoms with Crippen LogP contribution in [-0.4, -0.2) is 35.2 Å². The van der Waals surface area contributed by atoms with Gasteiger partial charge < -0.3 is 16.0 Å². The Kier molecular flexibility index (Phi) is 4.62. The van der Waals surface area contributed by atoms with Crippen molar-refractivity contribution >= 4 is 39.7 Å². The van der Waals surface area contributed by atoms with Crippen molar-refractivity contribution in [2.45, 2.75) is 12.6 Å². The Labute approximate surface area is 195 Å². The molecule has 1 atom stereocenters. The molecule has 0 saturated heterocycles. The van der Waals surface area contributed by atoms with Gasteiger partial charge in [-0.15, -0.1) is 0 Å². The Morgan fingerprint density at radius 1 is 1.00 bits per heavy atom. The largest absolute Gasteiger partial charge is 0.399 e. The summed E-state index contributed by atoms with van der Waals surface area (Å²) < 4.78 is 0. The molecule has 0 spiro atoms. The highest BCUT2D eigenvalue weighted by molar-refractivity contribution is 6.21. The maximum Gasteiger partial charge on any atom is 0.272 e. The zero-order chi connectivity index (χ0) is 23.2. The van der Waals surface area contributed by atoms with Crippen LogP contribution in [0.15, 0.2) is 84.0 Å². The summed E-state index contributed by atoms with van der Waals surface area (Å²) in [6.45, 7) is 0.517. The van der Waals surface area contributed by atoms with Crippen LogP contribution in [0.4, 0.5) is 11.4 Å². The second-order valence-corrected chi connectivity index (χ2v) is 8.45. The summed E-state index contributed by atoms with van der Waals surface area (Å²) in [7, 11) is 0. The molecule has 0 saturated carbocycles. The van der Waals surface area contributed by atoms with Gasteiger partial charge >= 0.3 is 0 Å². The molecule has 0 fully saturated rings. The van der Waals surface area contributed by atoms with Crippen molar-refractivity contribution in [3.8, 4) is 0 Å². The topological polar surface area (TPSA) is 101 Å². The normalized spacial score (nSPS) is 16.7. The first-order valence-electron chi connectivity index (χ1n) is 11.1. The van der Waals surface area contributed by atoms with Gasteiger partial charge in [-0.05, 0) is 35.6 Å². The molecule has 4 aromatic rings. The number of nitrogens with two attached hydrogens (primary N) is 1. The van der Waals surface area contributed by atoms with E-state index >= 15 is 0 Å². The van der Waals surface area contributed by atoms with Crippen molar-refractivity contribution in [2.24, 2.45) is 4.99 Å². The summed E-state index contributed by atoms with van der Waals surface area (Å²) >= 11 is 0. The van der Waals surface area contributed by atoms with Crippen LogP contribution in [-0.2, 0) is 11.2 Å². The molecule has 0 radical (unpaired) electrons. The number of nitrogen functional groups attached to an aromatic ring is 1. The lowest BCUT2D eigenvalue weighted by Crippen LogP contribution is -2.47. The van der Waals surface area contributed by atoms with Gasteiger partial charge in [0.05, 0.1) is 11.4 Å². The molecule has 6 rings (SSSR count). The van der Waals surface area contributed by atoms with Crippen LogP contribution in [0.25, 0.3) is 10.8 Å². The molecule has 7 nitrogen and oxygen atoms in total. The quantitative estimate of drug-likeness (QED) is 0.471. The van der Waals surface area contributed by atoms with Gasteiger partial charge in [0.2, 0.25) is 6.17 Å². The van der Waals surface area contributed by atoms with Crippen molar-refractivity contribution in [3.05, 3.63) is 101 Å². The molecule has 7 heteroatoms. The lowest BCUT2D eigenvalue weighted by molar-refractivity contribution is -0.120. The predicted octanol–water partition coefficient (Wildman–Crippen LogP) is 3.31. The molecule has 3 N–H and O–H groups in total. The number of amides is 2. The molecule has 3 aromatic carbocycles. The maximum atomic E-state index is 13.6. The number of aliphatic imine (C=N–C) groups is 1. The molecular formula is C27H21N5O2. The third-order valence-corrected chi connectivity index (χ3v) is 6.28. The van der Waals surface area contributed by atoms with Gasteiger partial charge in [-0.2, -0.15) is 0 Å². The second-order valence-electron chi connectivity index (χ2n) is 8.45. The molecule has 2 aliphatic heterocycles. The Morgan fingerprint density at radius 2 is 1.76 bits per heavy atom. The minimum Gasteiger partial charge on any atom is -0.399 e. The van der Waals surface area contributed by atoms with Gasteiger partial charge in [-0.3, -0.25) is 14.6 Å². The highest BCUT2D eigenvalue weighted by Crippen LogP contribution is 2.38. The molecule has 0 unspecified atom stereocenters. The van der Waals surface area contributed by atoms with Crippen LogP contribution < -0.4 is 16.0 Å². The van der Waals surface area contributed by atoms with Gasteiger partial charge in [-0.25, -0.2) is 4.99 Å². The number of hydrogen-bond donors (Lipinski definition) is 2. The number of nitrogens with one attached hydrogen (secondary N) is 1. The van der Waals surface area contributed by atoms with Crippen molar-refractivity contribution in [1.82, 2.24) is 10.3 Å². The molecule has 2 aliphatic rings. The van der Waals surface area contributed by atoms with Crippen LogP contribution in [0.5, 0.6) is 0 Å². The lowest BCUT2D eigenvalue weighted by Gasteiger charge is -2.21. The lowest BCUT2D eigenvalue weighted by atomic mass is 9.97. The van der Waals surface area contributed by atoms with Crippen LogP contribution in [0.3, 0.4) is 0 Å². The third-order valence-electron chi connectivity index (χ3n) is 6.28. The van der Waals surface area contributed by atoms with Gasteiger partial charge in [-0.1, -0.05) is 54.6 Å². The van der Waals surface area contributed by atoms with Crippen LogP contribution >= 0.6 is 0 Å². The zero-order valence-electron chi connectivity index (χ0n) is 18.2. The third kappa shape index (κ3) is 3.29. The van der Waals surface area contributed by atoms with E-state index in [0.29, 0.717) is 24.4 Å². The van der Waals surface area contributed by atoms with Crippen molar-refractivity contribution < 1.29 is 9.59 Å². The fourth-order valence-corrected chi connectivity index (χ4v) is 4.70. The van der Waals surface area contributed by atoms with E-state index in [1.165, 1.54) is 0 Å².